The predicted octanol–water partition coefficient (Wildman–Crippen LogP) is 0.0578. The lowest BCUT2D eigenvalue weighted by Gasteiger charge is -2.23. The van der Waals surface area contributed by atoms with Crippen LogP contribution >= 0.6 is 0 Å². The molecule has 0 aromatic rings. The van der Waals surface area contributed by atoms with E-state index < -0.39 is 5.60 Å². The highest BCUT2D eigenvalue weighted by molar-refractivity contribution is 5.68. The molecule has 1 aliphatic rings. The van der Waals surface area contributed by atoms with Crippen LogP contribution in [0.4, 0.5) is 4.79 Å². The average molecular weight is 215 g/mol. The second kappa shape index (κ2) is 4.81. The summed E-state index contributed by atoms with van der Waals surface area (Å²) >= 11 is 0. The van der Waals surface area contributed by atoms with Gasteiger partial charge in [-0.05, 0) is 27.3 Å². The molecule has 2 atom stereocenters. The Kier molecular flexibility index (Phi) is 3.93. The lowest BCUT2D eigenvalue weighted by molar-refractivity contribution is 0.0498. The van der Waals surface area contributed by atoms with Gasteiger partial charge < -0.3 is 21.1 Å². The molecule has 0 spiro atoms. The van der Waals surface area contributed by atoms with E-state index in [-0.39, 0.29) is 12.1 Å². The van der Waals surface area contributed by atoms with E-state index in [0.29, 0.717) is 12.5 Å². The Hall–Kier alpha value is -0.810. The standard InChI is InChI=1S/C10H21N3O2/c1-10(2,3)15-9(14)13-8-6-12-5-7(8)4-11/h7-8,12H,4-6,11H2,1-3H3,(H,13,14)/t7-,8+/m0/s1. The van der Waals surface area contributed by atoms with Crippen LogP contribution in [0.2, 0.25) is 0 Å². The first-order valence-corrected chi connectivity index (χ1v) is 5.32. The molecule has 88 valence electrons. The topological polar surface area (TPSA) is 76.4 Å². The van der Waals surface area contributed by atoms with Gasteiger partial charge in [-0.2, -0.15) is 0 Å². The van der Waals surface area contributed by atoms with Crippen LogP contribution in [-0.4, -0.2) is 37.4 Å². The Morgan fingerprint density at radius 3 is 2.73 bits per heavy atom. The zero-order valence-corrected chi connectivity index (χ0v) is 9.67. The summed E-state index contributed by atoms with van der Waals surface area (Å²) < 4.78 is 5.17. The molecule has 1 amide bonds. The third kappa shape index (κ3) is 4.05. The Balaban J connectivity index is 2.37. The van der Waals surface area contributed by atoms with Crippen LogP contribution < -0.4 is 16.4 Å². The SMILES string of the molecule is CC(C)(C)OC(=O)N[C@@H]1CNC[C@@H]1CN. The van der Waals surface area contributed by atoms with Crippen molar-refractivity contribution in [1.82, 2.24) is 10.6 Å². The van der Waals surface area contributed by atoms with Gasteiger partial charge in [0.2, 0.25) is 0 Å². The van der Waals surface area contributed by atoms with Gasteiger partial charge in [0.05, 0.1) is 0 Å². The Bertz CT molecular complexity index is 225. The number of alkyl carbamates (subject to hydrolysis) is 1. The Labute approximate surface area is 90.7 Å². The van der Waals surface area contributed by atoms with Gasteiger partial charge in [0.25, 0.3) is 0 Å². The Morgan fingerprint density at radius 2 is 2.20 bits per heavy atom. The summed E-state index contributed by atoms with van der Waals surface area (Å²) in [7, 11) is 0. The van der Waals surface area contributed by atoms with Crippen molar-refractivity contribution in [2.75, 3.05) is 19.6 Å². The summed E-state index contributed by atoms with van der Waals surface area (Å²) in [6.07, 6.45) is -0.366. The van der Waals surface area contributed by atoms with E-state index in [2.05, 4.69) is 10.6 Å². The van der Waals surface area contributed by atoms with Gasteiger partial charge in [-0.25, -0.2) is 4.79 Å². The van der Waals surface area contributed by atoms with E-state index in [1.807, 2.05) is 20.8 Å². The number of nitrogens with two attached hydrogens (primary N) is 1. The van der Waals surface area contributed by atoms with Gasteiger partial charge in [0.15, 0.2) is 0 Å². The molecule has 0 unspecified atom stereocenters. The molecule has 15 heavy (non-hydrogen) atoms. The van der Waals surface area contributed by atoms with Crippen LogP contribution in [-0.2, 0) is 4.74 Å². The molecule has 5 nitrogen and oxygen atoms in total. The van der Waals surface area contributed by atoms with E-state index in [4.69, 9.17) is 10.5 Å². The molecule has 0 aromatic carbocycles. The van der Waals surface area contributed by atoms with Crippen molar-refractivity contribution < 1.29 is 9.53 Å². The number of rotatable bonds is 2. The highest BCUT2D eigenvalue weighted by Gasteiger charge is 2.28. The van der Waals surface area contributed by atoms with Crippen LogP contribution in [0.15, 0.2) is 0 Å². The van der Waals surface area contributed by atoms with Crippen molar-refractivity contribution in [2.24, 2.45) is 11.7 Å². The fraction of sp³-hybridized carbons (Fsp3) is 0.900. The summed E-state index contributed by atoms with van der Waals surface area (Å²) in [4.78, 5) is 11.5. The monoisotopic (exact) mass is 215 g/mol. The number of hydrogen-bond donors (Lipinski definition) is 3. The van der Waals surface area contributed by atoms with Gasteiger partial charge in [-0.15, -0.1) is 0 Å². The fourth-order valence-electron chi connectivity index (χ4n) is 1.61. The van der Waals surface area contributed by atoms with E-state index in [1.54, 1.807) is 0 Å². The van der Waals surface area contributed by atoms with Crippen molar-refractivity contribution in [3.63, 3.8) is 0 Å². The van der Waals surface area contributed by atoms with Crippen LogP contribution in [0.3, 0.4) is 0 Å². The second-order valence-electron chi connectivity index (χ2n) is 4.91. The van der Waals surface area contributed by atoms with Crippen LogP contribution in [0.25, 0.3) is 0 Å². The van der Waals surface area contributed by atoms with Gasteiger partial charge >= 0.3 is 6.09 Å². The van der Waals surface area contributed by atoms with E-state index in [0.717, 1.165) is 13.1 Å². The summed E-state index contributed by atoms with van der Waals surface area (Å²) in [6.45, 7) is 7.74. The minimum absolute atomic E-state index is 0.0878. The van der Waals surface area contributed by atoms with E-state index in [9.17, 15) is 4.79 Å². The molecule has 1 rings (SSSR count). The minimum Gasteiger partial charge on any atom is -0.444 e. The minimum atomic E-state index is -0.450. The molecule has 0 radical (unpaired) electrons. The molecule has 1 saturated heterocycles. The molecular formula is C10H21N3O2. The van der Waals surface area contributed by atoms with E-state index in [1.165, 1.54) is 0 Å². The third-order valence-corrected chi connectivity index (χ3v) is 2.34. The van der Waals surface area contributed by atoms with Crippen molar-refractivity contribution in [3.05, 3.63) is 0 Å². The fourth-order valence-corrected chi connectivity index (χ4v) is 1.61. The van der Waals surface area contributed by atoms with Crippen molar-refractivity contribution in [1.29, 1.82) is 0 Å². The number of nitrogens with one attached hydrogen (secondary N) is 2. The molecule has 4 N–H and O–H groups in total. The summed E-state index contributed by atoms with van der Waals surface area (Å²) in [5.74, 6) is 0.303. The molecule has 0 aromatic heterocycles. The quantitative estimate of drug-likeness (QED) is 0.608. The van der Waals surface area contributed by atoms with Crippen LogP contribution in [0.1, 0.15) is 20.8 Å². The summed E-state index contributed by atoms with van der Waals surface area (Å²) in [5, 5.41) is 6.02. The predicted molar refractivity (Wildman–Crippen MR) is 58.6 cm³/mol. The molecule has 0 aliphatic carbocycles. The number of carbonyl (C=O) groups is 1. The molecule has 1 aliphatic heterocycles. The van der Waals surface area contributed by atoms with Gasteiger partial charge in [-0.1, -0.05) is 0 Å². The molecule has 1 heterocycles. The largest absolute Gasteiger partial charge is 0.444 e. The summed E-state index contributed by atoms with van der Waals surface area (Å²) in [6, 6.07) is 0.0878. The number of carbonyl (C=O) groups excluding carboxylic acids is 1. The maximum atomic E-state index is 11.5. The molecule has 0 bridgehead atoms. The number of amides is 1. The second-order valence-corrected chi connectivity index (χ2v) is 4.91. The number of hydrogen-bond acceptors (Lipinski definition) is 4. The highest BCUT2D eigenvalue weighted by Crippen LogP contribution is 2.10. The maximum absolute atomic E-state index is 11.5. The first-order chi connectivity index (χ1) is 6.92. The zero-order valence-electron chi connectivity index (χ0n) is 9.67. The smallest absolute Gasteiger partial charge is 0.407 e. The van der Waals surface area contributed by atoms with Gasteiger partial charge in [-0.3, -0.25) is 0 Å². The maximum Gasteiger partial charge on any atom is 0.407 e. The highest BCUT2D eigenvalue weighted by atomic mass is 16.6. The zero-order chi connectivity index (χ0) is 11.5. The van der Waals surface area contributed by atoms with Crippen molar-refractivity contribution in [3.8, 4) is 0 Å². The first kappa shape index (κ1) is 12.3. The average Bonchev–Trinajstić information content (AvgIpc) is 2.48. The van der Waals surface area contributed by atoms with Gasteiger partial charge in [0.1, 0.15) is 5.60 Å². The van der Waals surface area contributed by atoms with Crippen LogP contribution in [0.5, 0.6) is 0 Å². The van der Waals surface area contributed by atoms with Crippen molar-refractivity contribution >= 4 is 6.09 Å². The molecule has 5 heteroatoms. The normalized spacial score (nSPS) is 26.4. The molecule has 0 saturated carbocycles. The van der Waals surface area contributed by atoms with Crippen molar-refractivity contribution in [2.45, 2.75) is 32.4 Å². The van der Waals surface area contributed by atoms with Crippen LogP contribution in [0, 0.1) is 5.92 Å². The number of ether oxygens (including phenoxy) is 1. The third-order valence-electron chi connectivity index (χ3n) is 2.34. The lowest BCUT2D eigenvalue weighted by atomic mass is 10.0. The Morgan fingerprint density at radius 1 is 1.53 bits per heavy atom. The molecular weight excluding hydrogens is 194 g/mol. The summed E-state index contributed by atoms with van der Waals surface area (Å²) in [5.41, 5.74) is 5.14. The lowest BCUT2D eigenvalue weighted by Crippen LogP contribution is -2.44. The first-order valence-electron chi connectivity index (χ1n) is 5.32. The van der Waals surface area contributed by atoms with Gasteiger partial charge in [0, 0.05) is 25.0 Å². The van der Waals surface area contributed by atoms with E-state index >= 15 is 0 Å². The molecule has 1 fully saturated rings.